The highest BCUT2D eigenvalue weighted by Crippen LogP contribution is 2.39. The van der Waals surface area contributed by atoms with Crippen molar-refractivity contribution in [2.24, 2.45) is 0 Å². The maximum Gasteiger partial charge on any atom is 0.270 e. The molecule has 1 aliphatic heterocycles. The minimum Gasteiger partial charge on any atom is -0.497 e. The molecule has 6 nitrogen and oxygen atoms in total. The molecule has 0 fully saturated rings. The van der Waals surface area contributed by atoms with Crippen LogP contribution in [0.15, 0.2) is 71.1 Å². The number of sulfonamides is 1. The Labute approximate surface area is 183 Å². The molecule has 30 heavy (non-hydrogen) atoms. The number of nitrogens with zero attached hydrogens (tertiary/aromatic N) is 1. The number of halogens is 1. The van der Waals surface area contributed by atoms with Gasteiger partial charge in [0.05, 0.1) is 19.3 Å². The van der Waals surface area contributed by atoms with Crippen LogP contribution < -0.4 is 14.4 Å². The average Bonchev–Trinajstić information content (AvgIpc) is 3.22. The summed E-state index contributed by atoms with van der Waals surface area (Å²) < 4.78 is 33.0. The number of anilines is 2. The summed E-state index contributed by atoms with van der Waals surface area (Å²) >= 11 is 7.15. The number of Topliss-reactive ketones (excluding diaryl/α,β-unsaturated/α-hetero) is 1. The van der Waals surface area contributed by atoms with E-state index in [0.29, 0.717) is 27.0 Å². The summed E-state index contributed by atoms with van der Waals surface area (Å²) in [5.41, 5.74) is 1.78. The topological polar surface area (TPSA) is 75.7 Å². The van der Waals surface area contributed by atoms with Gasteiger partial charge in [0.25, 0.3) is 10.0 Å². The molecule has 0 saturated carbocycles. The number of ether oxygens (including phenoxy) is 1. The smallest absolute Gasteiger partial charge is 0.270 e. The van der Waals surface area contributed by atoms with E-state index < -0.39 is 15.8 Å². The predicted molar refractivity (Wildman–Crippen MR) is 120 cm³/mol. The molecule has 9 heteroatoms. The van der Waals surface area contributed by atoms with Crippen molar-refractivity contribution in [2.45, 2.75) is 6.54 Å². The lowest BCUT2D eigenvalue weighted by molar-refractivity contribution is 0.104. The molecule has 1 N–H and O–H groups in total. The zero-order chi connectivity index (χ0) is 21.3. The molecule has 2 heterocycles. The first-order valence-electron chi connectivity index (χ1n) is 8.90. The van der Waals surface area contributed by atoms with Gasteiger partial charge in [0.15, 0.2) is 4.91 Å². The van der Waals surface area contributed by atoms with Crippen molar-refractivity contribution in [1.29, 1.82) is 0 Å². The second-order valence-electron chi connectivity index (χ2n) is 6.48. The molecule has 3 aromatic rings. The van der Waals surface area contributed by atoms with Crippen molar-refractivity contribution in [3.63, 3.8) is 0 Å². The highest BCUT2D eigenvalue weighted by molar-refractivity contribution is 7.97. The summed E-state index contributed by atoms with van der Waals surface area (Å²) in [6, 6.07) is 15.5. The summed E-state index contributed by atoms with van der Waals surface area (Å²) in [7, 11) is -2.50. The molecule has 0 unspecified atom stereocenters. The van der Waals surface area contributed by atoms with Crippen LogP contribution >= 0.6 is 22.9 Å². The lowest BCUT2D eigenvalue weighted by atomic mass is 10.2. The minimum atomic E-state index is -4.06. The van der Waals surface area contributed by atoms with Crippen molar-refractivity contribution in [3.05, 3.63) is 86.5 Å². The summed E-state index contributed by atoms with van der Waals surface area (Å²) in [6.07, 6.45) is 1.25. The average molecular weight is 461 g/mol. The maximum absolute atomic E-state index is 13.3. The van der Waals surface area contributed by atoms with E-state index in [9.17, 15) is 13.2 Å². The molecule has 0 bridgehead atoms. The molecular formula is C21H17ClN2O4S2. The van der Waals surface area contributed by atoms with Crippen LogP contribution in [0, 0.1) is 0 Å². The zero-order valence-electron chi connectivity index (χ0n) is 15.8. The number of thiophene rings is 1. The lowest BCUT2D eigenvalue weighted by Gasteiger charge is -2.29. The summed E-state index contributed by atoms with van der Waals surface area (Å²) in [5.74, 6) is 0.153. The van der Waals surface area contributed by atoms with E-state index in [4.69, 9.17) is 16.3 Å². The molecule has 0 radical (unpaired) electrons. The van der Waals surface area contributed by atoms with E-state index in [0.717, 1.165) is 5.56 Å². The Morgan fingerprint density at radius 1 is 1.10 bits per heavy atom. The van der Waals surface area contributed by atoms with Crippen LogP contribution in [-0.4, -0.2) is 21.3 Å². The number of rotatable bonds is 5. The van der Waals surface area contributed by atoms with Gasteiger partial charge in [-0.1, -0.05) is 23.7 Å². The van der Waals surface area contributed by atoms with Gasteiger partial charge >= 0.3 is 0 Å². The molecule has 0 aliphatic carbocycles. The maximum atomic E-state index is 13.3. The largest absolute Gasteiger partial charge is 0.497 e. The summed E-state index contributed by atoms with van der Waals surface area (Å²) in [6.45, 7) is 0.0936. The number of benzene rings is 2. The first kappa shape index (κ1) is 20.5. The Morgan fingerprint density at radius 3 is 2.47 bits per heavy atom. The standard InChI is InChI=1S/C21H17ClN2O4S2/c1-28-17-8-6-16(7-9-17)23-12-19-20(25)21-18(10-11-29-21)24(30(19,26)27)13-14-2-4-15(22)5-3-14/h2-12,23H,13H2,1H3. The van der Waals surface area contributed by atoms with Gasteiger partial charge in [-0.25, -0.2) is 8.42 Å². The molecule has 0 atom stereocenters. The van der Waals surface area contributed by atoms with E-state index in [1.165, 1.54) is 21.8 Å². The third-order valence-electron chi connectivity index (χ3n) is 4.61. The number of allylic oxidation sites excluding steroid dienone is 1. The molecular weight excluding hydrogens is 444 g/mol. The number of fused-ring (bicyclic) bond motifs is 1. The molecule has 154 valence electrons. The van der Waals surface area contributed by atoms with Crippen molar-refractivity contribution in [3.8, 4) is 5.75 Å². The van der Waals surface area contributed by atoms with E-state index in [-0.39, 0.29) is 11.4 Å². The Bertz CT molecular complexity index is 1220. The van der Waals surface area contributed by atoms with E-state index >= 15 is 0 Å². The number of carbonyl (C=O) groups is 1. The van der Waals surface area contributed by atoms with Crippen molar-refractivity contribution in [2.75, 3.05) is 16.7 Å². The Morgan fingerprint density at radius 2 is 1.80 bits per heavy atom. The summed E-state index contributed by atoms with van der Waals surface area (Å²) in [4.78, 5) is 13.0. The fourth-order valence-corrected chi connectivity index (χ4v) is 5.66. The van der Waals surface area contributed by atoms with Gasteiger partial charge in [-0.15, -0.1) is 11.3 Å². The van der Waals surface area contributed by atoms with Gasteiger partial charge in [-0.2, -0.15) is 0 Å². The van der Waals surface area contributed by atoms with Crippen LogP contribution in [0.1, 0.15) is 15.2 Å². The van der Waals surface area contributed by atoms with Crippen LogP contribution in [0.4, 0.5) is 11.4 Å². The molecule has 0 amide bonds. The van der Waals surface area contributed by atoms with Crippen molar-refractivity contribution in [1.82, 2.24) is 0 Å². The van der Waals surface area contributed by atoms with Crippen molar-refractivity contribution >= 4 is 50.1 Å². The molecule has 2 aromatic carbocycles. The molecule has 4 rings (SSSR count). The predicted octanol–water partition coefficient (Wildman–Crippen LogP) is 4.90. The second kappa shape index (κ2) is 8.14. The number of ketones is 1. The second-order valence-corrected chi connectivity index (χ2v) is 9.67. The van der Waals surface area contributed by atoms with Gasteiger partial charge in [-0.05, 0) is 53.4 Å². The fraction of sp³-hybridized carbons (Fsp3) is 0.0952. The van der Waals surface area contributed by atoms with Crippen LogP contribution in [0.5, 0.6) is 5.75 Å². The Hall–Kier alpha value is -2.81. The van der Waals surface area contributed by atoms with Crippen molar-refractivity contribution < 1.29 is 17.9 Å². The molecule has 1 aromatic heterocycles. The number of methoxy groups -OCH3 is 1. The minimum absolute atomic E-state index is 0.0936. The van der Waals surface area contributed by atoms with Gasteiger partial charge in [-0.3, -0.25) is 9.10 Å². The zero-order valence-corrected chi connectivity index (χ0v) is 18.2. The molecule has 0 saturated heterocycles. The number of hydrogen-bond acceptors (Lipinski definition) is 6. The first-order chi connectivity index (χ1) is 14.4. The van der Waals surface area contributed by atoms with Crippen LogP contribution in [0.25, 0.3) is 0 Å². The number of nitrogens with one attached hydrogen (secondary N) is 1. The van der Waals surface area contributed by atoms with E-state index in [1.807, 2.05) is 0 Å². The highest BCUT2D eigenvalue weighted by atomic mass is 35.5. The lowest BCUT2D eigenvalue weighted by Crippen LogP contribution is -2.38. The Kier molecular flexibility index (Phi) is 5.55. The molecule has 1 aliphatic rings. The quantitative estimate of drug-likeness (QED) is 0.548. The SMILES string of the molecule is COc1ccc(NC=C2C(=O)c3sccc3N(Cc3ccc(Cl)cc3)S2(=O)=O)cc1. The summed E-state index contributed by atoms with van der Waals surface area (Å²) in [5, 5.41) is 5.19. The normalized spacial score (nSPS) is 16.4. The van der Waals surface area contributed by atoms with Crippen LogP contribution in [0.2, 0.25) is 5.02 Å². The van der Waals surface area contributed by atoms with Gasteiger partial charge in [0.1, 0.15) is 10.6 Å². The van der Waals surface area contributed by atoms with Crippen LogP contribution in [-0.2, 0) is 16.6 Å². The Balaban J connectivity index is 1.70. The number of hydrogen-bond donors (Lipinski definition) is 1. The first-order valence-corrected chi connectivity index (χ1v) is 11.6. The highest BCUT2D eigenvalue weighted by Gasteiger charge is 2.41. The van der Waals surface area contributed by atoms with Crippen LogP contribution in [0.3, 0.4) is 0 Å². The monoisotopic (exact) mass is 460 g/mol. The van der Waals surface area contributed by atoms with Gasteiger partial charge < -0.3 is 10.1 Å². The third-order valence-corrected chi connectivity index (χ3v) is 7.53. The van der Waals surface area contributed by atoms with E-state index in [2.05, 4.69) is 5.32 Å². The van der Waals surface area contributed by atoms with Gasteiger partial charge in [0, 0.05) is 16.9 Å². The van der Waals surface area contributed by atoms with E-state index in [1.54, 1.807) is 67.1 Å². The van der Waals surface area contributed by atoms with Gasteiger partial charge in [0.2, 0.25) is 5.78 Å². The number of carbonyl (C=O) groups excluding carboxylic acids is 1. The molecule has 0 spiro atoms. The fourth-order valence-electron chi connectivity index (χ4n) is 3.05. The third kappa shape index (κ3) is 3.81.